The van der Waals surface area contributed by atoms with Crippen LogP contribution in [0.4, 0.5) is 0 Å². The summed E-state index contributed by atoms with van der Waals surface area (Å²) >= 11 is -1.04. The van der Waals surface area contributed by atoms with Crippen molar-refractivity contribution in [3.8, 4) is 11.1 Å². The zero-order chi connectivity index (χ0) is 17.7. The fraction of sp³-hybridized carbons (Fsp3) is 0.167. The molecule has 0 N–H and O–H groups in total. The van der Waals surface area contributed by atoms with E-state index in [1.54, 1.807) is 19.8 Å². The Morgan fingerprint density at radius 1 is 0.846 bits per heavy atom. The van der Waals surface area contributed by atoms with Crippen LogP contribution >= 0.6 is 7.92 Å². The van der Waals surface area contributed by atoms with Gasteiger partial charge in [0, 0.05) is 0 Å². The molecule has 126 valence electrons. The fourth-order valence-corrected chi connectivity index (χ4v) is 14.2. The van der Waals surface area contributed by atoms with Crippen LogP contribution in [0.1, 0.15) is 25.9 Å². The van der Waals surface area contributed by atoms with Gasteiger partial charge in [0.1, 0.15) is 0 Å². The van der Waals surface area contributed by atoms with Crippen molar-refractivity contribution in [3.63, 3.8) is 0 Å². The van der Waals surface area contributed by atoms with Gasteiger partial charge in [0.15, 0.2) is 0 Å². The van der Waals surface area contributed by atoms with Crippen molar-refractivity contribution in [1.29, 1.82) is 0 Å². The second-order valence-electron chi connectivity index (χ2n) is 7.34. The van der Waals surface area contributed by atoms with Crippen molar-refractivity contribution in [3.05, 3.63) is 94.3 Å². The topological polar surface area (TPSA) is 0 Å². The maximum absolute atomic E-state index is 2.51. The summed E-state index contributed by atoms with van der Waals surface area (Å²) in [4.78, 5) is 0. The van der Waals surface area contributed by atoms with Crippen molar-refractivity contribution in [2.45, 2.75) is 10.1 Å². The number of benzene rings is 3. The normalized spacial score (nSPS) is 16.9. The molecule has 1 unspecified atom stereocenters. The molecule has 0 spiro atoms. The van der Waals surface area contributed by atoms with E-state index < -0.39 is 22.9 Å². The molecule has 1 atom stereocenters. The molecular weight excluding hydrogens is 498 g/mol. The quantitative estimate of drug-likeness (QED) is 0.237. The maximum atomic E-state index is 2.51. The molecule has 0 saturated carbocycles. The Kier molecular flexibility index (Phi) is 4.34. The SMILES string of the molecule is CP(C)C1=Cc2ccccc2[CH]1[Hf][c]1cccc2c1Cc1ccccc1-2. The van der Waals surface area contributed by atoms with E-state index in [9.17, 15) is 0 Å². The molecule has 0 aliphatic heterocycles. The first-order chi connectivity index (χ1) is 12.7. The Labute approximate surface area is 168 Å². The van der Waals surface area contributed by atoms with Gasteiger partial charge in [0.25, 0.3) is 0 Å². The summed E-state index contributed by atoms with van der Waals surface area (Å²) in [6.45, 7) is 4.85. The Morgan fingerprint density at radius 3 is 2.50 bits per heavy atom. The van der Waals surface area contributed by atoms with E-state index in [0.29, 0.717) is 0 Å². The fourth-order valence-electron chi connectivity index (χ4n) is 4.29. The van der Waals surface area contributed by atoms with Crippen LogP contribution in [-0.2, 0) is 29.3 Å². The Balaban J connectivity index is 1.56. The third-order valence-electron chi connectivity index (χ3n) is 5.57. The van der Waals surface area contributed by atoms with Crippen molar-refractivity contribution < 1.29 is 22.9 Å². The first kappa shape index (κ1) is 16.8. The van der Waals surface area contributed by atoms with E-state index >= 15 is 0 Å². The van der Waals surface area contributed by atoms with Crippen molar-refractivity contribution in [1.82, 2.24) is 0 Å². The average molecular weight is 519 g/mol. The molecule has 3 aromatic carbocycles. The second-order valence-corrected chi connectivity index (χ2v) is 14.7. The first-order valence-corrected chi connectivity index (χ1v) is 15.3. The molecule has 26 heavy (non-hydrogen) atoms. The van der Waals surface area contributed by atoms with E-state index in [1.807, 2.05) is 0 Å². The predicted octanol–water partition coefficient (Wildman–Crippen LogP) is 5.80. The summed E-state index contributed by atoms with van der Waals surface area (Å²) in [5.74, 6) is 0. The predicted molar refractivity (Wildman–Crippen MR) is 110 cm³/mol. The number of hydrogen-bond donors (Lipinski definition) is 0. The Bertz CT molecular complexity index is 1030. The van der Waals surface area contributed by atoms with Crippen LogP contribution in [0.3, 0.4) is 0 Å². The van der Waals surface area contributed by atoms with Crippen molar-refractivity contribution >= 4 is 17.3 Å². The average Bonchev–Trinajstić information content (AvgIpc) is 3.21. The number of fused-ring (bicyclic) bond motifs is 4. The molecule has 5 rings (SSSR count). The van der Waals surface area contributed by atoms with Crippen LogP contribution in [-0.4, -0.2) is 13.3 Å². The molecule has 3 aromatic rings. The van der Waals surface area contributed by atoms with E-state index in [0.717, 1.165) is 10.1 Å². The summed E-state index contributed by atoms with van der Waals surface area (Å²) in [5, 5.41) is 1.73. The van der Waals surface area contributed by atoms with Gasteiger partial charge < -0.3 is 0 Å². The van der Waals surface area contributed by atoms with Gasteiger partial charge in [-0.05, 0) is 0 Å². The third-order valence-corrected chi connectivity index (χ3v) is 13.9. The van der Waals surface area contributed by atoms with Gasteiger partial charge in [-0.2, -0.15) is 0 Å². The third kappa shape index (κ3) is 2.72. The van der Waals surface area contributed by atoms with Gasteiger partial charge in [-0.25, -0.2) is 0 Å². The van der Waals surface area contributed by atoms with Crippen LogP contribution in [0.5, 0.6) is 0 Å². The summed E-state index contributed by atoms with van der Waals surface area (Å²) in [6, 6.07) is 25.1. The minimum absolute atomic E-state index is 0.0263. The monoisotopic (exact) mass is 520 g/mol. The van der Waals surface area contributed by atoms with Crippen LogP contribution < -0.4 is 3.32 Å². The van der Waals surface area contributed by atoms with Crippen LogP contribution in [0.2, 0.25) is 0 Å². The van der Waals surface area contributed by atoms with Crippen molar-refractivity contribution in [2.24, 2.45) is 0 Å². The second kappa shape index (κ2) is 6.70. The van der Waals surface area contributed by atoms with Crippen LogP contribution in [0.15, 0.2) is 72.0 Å². The van der Waals surface area contributed by atoms with Gasteiger partial charge >= 0.3 is 169 Å². The molecule has 2 aliphatic carbocycles. The Hall–Kier alpha value is -1.30. The van der Waals surface area contributed by atoms with Gasteiger partial charge in [-0.1, -0.05) is 0 Å². The van der Waals surface area contributed by atoms with E-state index in [2.05, 4.69) is 86.1 Å². The van der Waals surface area contributed by atoms with Gasteiger partial charge in [-0.3, -0.25) is 0 Å². The molecule has 0 radical (unpaired) electrons. The zero-order valence-corrected chi connectivity index (χ0v) is 19.6. The molecule has 2 heteroatoms. The van der Waals surface area contributed by atoms with E-state index in [1.165, 1.54) is 22.3 Å². The molecule has 0 heterocycles. The summed E-state index contributed by atoms with van der Waals surface area (Å²) in [5.41, 5.74) is 9.19. The molecule has 0 nitrogen and oxygen atoms in total. The minimum atomic E-state index is -1.04. The molecule has 2 aliphatic rings. The molecule has 0 aromatic heterocycles. The van der Waals surface area contributed by atoms with Gasteiger partial charge in [-0.15, -0.1) is 0 Å². The molecule has 0 saturated heterocycles. The van der Waals surface area contributed by atoms with Crippen LogP contribution in [0.25, 0.3) is 17.2 Å². The number of rotatable bonds is 3. The summed E-state index contributed by atoms with van der Waals surface area (Å²) in [6.07, 6.45) is 3.64. The standard InChI is InChI=1S/C13H9.C11H12P.Hf/c1-3-7-12-10(5-1)9-11-6-2-4-8-13(11)12;1-12(2)11-7-9-5-3-4-6-10(9)8-11;/h1-5,7-8H,9H2;3-8H,1-2H3;. The van der Waals surface area contributed by atoms with E-state index in [4.69, 9.17) is 0 Å². The van der Waals surface area contributed by atoms with E-state index in [-0.39, 0.29) is 7.92 Å². The number of hydrogen-bond acceptors (Lipinski definition) is 0. The zero-order valence-electron chi connectivity index (χ0n) is 15.2. The first-order valence-electron chi connectivity index (χ1n) is 9.17. The summed E-state index contributed by atoms with van der Waals surface area (Å²) < 4.78 is 2.46. The van der Waals surface area contributed by atoms with Crippen molar-refractivity contribution in [2.75, 3.05) is 13.3 Å². The summed E-state index contributed by atoms with van der Waals surface area (Å²) in [7, 11) is -0.0263. The van der Waals surface area contributed by atoms with Gasteiger partial charge in [0.05, 0.1) is 0 Å². The molecular formula is C24H21HfP. The molecule has 0 fully saturated rings. The number of allylic oxidation sites excluding steroid dienone is 1. The molecule has 0 bridgehead atoms. The van der Waals surface area contributed by atoms with Crippen LogP contribution in [0, 0.1) is 0 Å². The van der Waals surface area contributed by atoms with Gasteiger partial charge in [0.2, 0.25) is 0 Å². The Morgan fingerprint density at radius 2 is 1.62 bits per heavy atom. The molecule has 0 amide bonds.